The van der Waals surface area contributed by atoms with Gasteiger partial charge < -0.3 is 14.9 Å². The molecule has 6 nitrogen and oxygen atoms in total. The van der Waals surface area contributed by atoms with Crippen LogP contribution in [0.2, 0.25) is 0 Å². The minimum absolute atomic E-state index is 0.122. The maximum Gasteiger partial charge on any atom is 0.210 e. The lowest BCUT2D eigenvalue weighted by Gasteiger charge is -2.57. The van der Waals surface area contributed by atoms with Crippen LogP contribution in [0.4, 0.5) is 0 Å². The molecule has 0 radical (unpaired) electrons. The number of aromatic nitrogens is 1. The summed E-state index contributed by atoms with van der Waals surface area (Å²) < 4.78 is 8.31. The molecular formula is C21H29NO5. The molecule has 6 aliphatic rings. The smallest absolute Gasteiger partial charge is 0.210 e. The van der Waals surface area contributed by atoms with Gasteiger partial charge in [0.05, 0.1) is 0 Å². The zero-order valence-corrected chi connectivity index (χ0v) is 15.7. The molecular weight excluding hydrogens is 346 g/mol. The summed E-state index contributed by atoms with van der Waals surface area (Å²) in [6, 6.07) is 3.07. The molecule has 27 heavy (non-hydrogen) atoms. The van der Waals surface area contributed by atoms with Crippen molar-refractivity contribution in [3.05, 3.63) is 12.1 Å². The Morgan fingerprint density at radius 2 is 1.48 bits per heavy atom. The first-order valence-electron chi connectivity index (χ1n) is 10.7. The van der Waals surface area contributed by atoms with Crippen LogP contribution in [0.25, 0.3) is 0 Å². The largest absolute Gasteiger partial charge is 0.494 e. The molecule has 0 aromatic carbocycles. The molecule has 1 aromatic heterocycles. The van der Waals surface area contributed by atoms with Gasteiger partial charge in [0.2, 0.25) is 11.6 Å². The fourth-order valence-corrected chi connectivity index (χ4v) is 6.99. The van der Waals surface area contributed by atoms with E-state index in [-0.39, 0.29) is 11.8 Å². The van der Waals surface area contributed by atoms with E-state index in [1.165, 1.54) is 44.2 Å². The summed E-state index contributed by atoms with van der Waals surface area (Å²) in [5, 5.41) is 19.8. The Morgan fingerprint density at radius 3 is 2.07 bits per heavy atom. The first-order valence-corrected chi connectivity index (χ1v) is 10.7. The second-order valence-corrected chi connectivity index (χ2v) is 9.81. The van der Waals surface area contributed by atoms with Gasteiger partial charge in [0, 0.05) is 43.4 Å². The van der Waals surface area contributed by atoms with Crippen LogP contribution in [0.1, 0.15) is 57.8 Å². The van der Waals surface area contributed by atoms with Gasteiger partial charge >= 0.3 is 0 Å². The van der Waals surface area contributed by atoms with Crippen LogP contribution in [0.15, 0.2) is 12.1 Å². The highest BCUT2D eigenvalue weighted by Crippen LogP contribution is 2.63. The Hall–Kier alpha value is -1.24. The quantitative estimate of drug-likeness (QED) is 0.767. The average molecular weight is 375 g/mol. The summed E-state index contributed by atoms with van der Waals surface area (Å²) in [6.07, 6.45) is 9.87. The molecule has 0 amide bonds. The molecule has 5 saturated carbocycles. The van der Waals surface area contributed by atoms with Crippen molar-refractivity contribution in [1.82, 2.24) is 4.57 Å². The normalized spacial score (nSPS) is 48.1. The fourth-order valence-electron chi connectivity index (χ4n) is 6.99. The molecule has 2 spiro atoms. The molecule has 148 valence electrons. The Kier molecular flexibility index (Phi) is 3.49. The van der Waals surface area contributed by atoms with Crippen LogP contribution in [0.3, 0.4) is 0 Å². The third-order valence-corrected chi connectivity index (χ3v) is 8.19. The van der Waals surface area contributed by atoms with Crippen molar-refractivity contribution >= 4 is 0 Å². The number of hydrogen-bond donors (Lipinski definition) is 2. The van der Waals surface area contributed by atoms with Gasteiger partial charge in [-0.2, -0.15) is 9.78 Å². The highest BCUT2D eigenvalue weighted by molar-refractivity contribution is 5.23. The number of aromatic hydroxyl groups is 2. The van der Waals surface area contributed by atoms with Crippen molar-refractivity contribution in [2.75, 3.05) is 0 Å². The van der Waals surface area contributed by atoms with E-state index in [0.29, 0.717) is 24.3 Å². The summed E-state index contributed by atoms with van der Waals surface area (Å²) in [4.78, 5) is 12.0. The lowest BCUT2D eigenvalue weighted by atomic mass is 9.53. The highest BCUT2D eigenvalue weighted by atomic mass is 17.3. The Bertz CT molecular complexity index is 687. The summed E-state index contributed by atoms with van der Waals surface area (Å²) in [5.74, 6) is 2.30. The fraction of sp³-hybridized carbons (Fsp3) is 0.810. The molecule has 2 heterocycles. The molecule has 6 heteroatoms. The highest BCUT2D eigenvalue weighted by Gasteiger charge is 2.66. The molecule has 6 fully saturated rings. The molecule has 4 bridgehead atoms. The van der Waals surface area contributed by atoms with E-state index in [1.54, 1.807) is 4.57 Å². The van der Waals surface area contributed by atoms with Gasteiger partial charge in [-0.05, 0) is 62.7 Å². The number of ether oxygens (including phenoxy) is 1. The standard InChI is InChI=1S/C21H29NO5/c23-18-1-2-19(24)22(18)12-13-3-5-20(6-4-13)25-21(27-26-20)16-8-14-7-15(10-16)11-17(21)9-14/h1-2,13-17,23-24H,3-12H2. The van der Waals surface area contributed by atoms with Crippen LogP contribution in [0, 0.1) is 29.6 Å². The first-order chi connectivity index (χ1) is 13.1. The van der Waals surface area contributed by atoms with Gasteiger partial charge in [0.15, 0.2) is 11.8 Å². The maximum atomic E-state index is 9.88. The molecule has 1 aliphatic heterocycles. The van der Waals surface area contributed by atoms with Crippen LogP contribution in [0.5, 0.6) is 11.8 Å². The Balaban J connectivity index is 1.14. The molecule has 0 atom stereocenters. The zero-order chi connectivity index (χ0) is 18.2. The van der Waals surface area contributed by atoms with E-state index in [2.05, 4.69) is 0 Å². The van der Waals surface area contributed by atoms with Gasteiger partial charge in [-0.3, -0.25) is 4.57 Å². The van der Waals surface area contributed by atoms with E-state index in [0.717, 1.165) is 37.5 Å². The number of hydrogen-bond acceptors (Lipinski definition) is 5. The topological polar surface area (TPSA) is 73.1 Å². The molecule has 7 rings (SSSR count). The average Bonchev–Trinajstić information content (AvgIpc) is 3.18. The van der Waals surface area contributed by atoms with Crippen LogP contribution in [-0.2, 0) is 21.1 Å². The van der Waals surface area contributed by atoms with Crippen LogP contribution >= 0.6 is 0 Å². The second kappa shape index (κ2) is 5.65. The van der Waals surface area contributed by atoms with Gasteiger partial charge in [0.1, 0.15) is 0 Å². The predicted octanol–water partition coefficient (Wildman–Crippen LogP) is 3.92. The predicted molar refractivity (Wildman–Crippen MR) is 95.5 cm³/mol. The lowest BCUT2D eigenvalue weighted by molar-refractivity contribution is -0.390. The van der Waals surface area contributed by atoms with Crippen molar-refractivity contribution in [2.45, 2.75) is 75.9 Å². The minimum Gasteiger partial charge on any atom is -0.494 e. The summed E-state index contributed by atoms with van der Waals surface area (Å²) in [5.41, 5.74) is 0. The number of nitrogens with zero attached hydrogens (tertiary/aromatic N) is 1. The van der Waals surface area contributed by atoms with Gasteiger partial charge in [-0.1, -0.05) is 0 Å². The Morgan fingerprint density at radius 1 is 0.889 bits per heavy atom. The van der Waals surface area contributed by atoms with Crippen molar-refractivity contribution in [3.8, 4) is 11.8 Å². The number of rotatable bonds is 2. The third-order valence-electron chi connectivity index (χ3n) is 8.19. The molecule has 1 saturated heterocycles. The third kappa shape index (κ3) is 2.42. The van der Waals surface area contributed by atoms with Gasteiger partial charge in [0.25, 0.3) is 0 Å². The first kappa shape index (κ1) is 16.7. The van der Waals surface area contributed by atoms with Crippen molar-refractivity contribution in [3.63, 3.8) is 0 Å². The van der Waals surface area contributed by atoms with Crippen LogP contribution < -0.4 is 0 Å². The van der Waals surface area contributed by atoms with Gasteiger partial charge in [-0.15, -0.1) is 0 Å². The van der Waals surface area contributed by atoms with Crippen molar-refractivity contribution in [2.24, 2.45) is 29.6 Å². The molecule has 2 N–H and O–H groups in total. The van der Waals surface area contributed by atoms with Crippen molar-refractivity contribution in [1.29, 1.82) is 0 Å². The second-order valence-electron chi connectivity index (χ2n) is 9.81. The molecule has 1 aromatic rings. The molecule has 0 unspecified atom stereocenters. The lowest BCUT2D eigenvalue weighted by Crippen LogP contribution is -2.59. The van der Waals surface area contributed by atoms with E-state index in [4.69, 9.17) is 14.5 Å². The minimum atomic E-state index is -0.591. The summed E-state index contributed by atoms with van der Waals surface area (Å²) >= 11 is 0. The summed E-state index contributed by atoms with van der Waals surface area (Å²) in [7, 11) is 0. The van der Waals surface area contributed by atoms with E-state index < -0.39 is 11.6 Å². The van der Waals surface area contributed by atoms with E-state index >= 15 is 0 Å². The molecule has 5 aliphatic carbocycles. The SMILES string of the molecule is Oc1ccc(O)n1CC1CCC2(CC1)OOC1(O2)C2CC3CC(C2)CC1C3. The van der Waals surface area contributed by atoms with Crippen LogP contribution in [-0.4, -0.2) is 26.4 Å². The Labute approximate surface area is 159 Å². The van der Waals surface area contributed by atoms with Gasteiger partial charge in [-0.25, -0.2) is 0 Å². The zero-order valence-electron chi connectivity index (χ0n) is 15.7. The maximum absolute atomic E-state index is 9.88. The van der Waals surface area contributed by atoms with Crippen molar-refractivity contribution < 1.29 is 24.7 Å². The van der Waals surface area contributed by atoms with E-state index in [9.17, 15) is 10.2 Å². The summed E-state index contributed by atoms with van der Waals surface area (Å²) in [6.45, 7) is 0.626. The monoisotopic (exact) mass is 375 g/mol. The van der Waals surface area contributed by atoms with E-state index in [1.807, 2.05) is 0 Å².